The molecule has 21 aliphatic rings. The van der Waals surface area contributed by atoms with Gasteiger partial charge in [0.15, 0.2) is 18.9 Å². The van der Waals surface area contributed by atoms with Crippen molar-refractivity contribution in [2.24, 2.45) is 0 Å². The fraction of sp³-hybridized carbons (Fsp3) is 0.878. The van der Waals surface area contributed by atoms with Gasteiger partial charge < -0.3 is 84.6 Å². The van der Waals surface area contributed by atoms with Crippen molar-refractivity contribution in [3.05, 3.63) is 24.3 Å². The molecule has 85 heavy (non-hydrogen) atoms. The van der Waals surface area contributed by atoms with Crippen LogP contribution in [0, 0.1) is 0 Å². The molecule has 0 radical (unpaired) electrons. The summed E-state index contributed by atoms with van der Waals surface area (Å²) in [4.78, 5) is 0. The van der Waals surface area contributed by atoms with Gasteiger partial charge in [0.25, 0.3) is 0 Å². The number of aliphatic hydroxyl groups is 20. The average molecular weight is 1350 g/mol. The molecule has 21 fully saturated rings. The summed E-state index contributed by atoms with van der Waals surface area (Å²) in [5.41, 5.74) is 0. The summed E-state index contributed by atoms with van der Waals surface area (Å²) in [6.45, 7) is -6.19. The predicted octanol–water partition coefficient (Wildman–Crippen LogP) is -13.8. The zero-order valence-corrected chi connectivity index (χ0v) is 47.3. The van der Waals surface area contributed by atoms with E-state index >= 15 is 0 Å². The first kappa shape index (κ1) is 67.8. The van der Waals surface area contributed by atoms with Gasteiger partial charge in [-0.3, -0.25) is 0 Å². The molecule has 0 unspecified atom stereocenters. The van der Waals surface area contributed by atoms with Gasteiger partial charge in [-0.15, -0.1) is 0 Å². The Morgan fingerprint density at radius 3 is 0.659 bits per heavy atom. The molecule has 488 valence electrons. The molecule has 22 rings (SSSR count). The third-order valence-electron chi connectivity index (χ3n) is 16.1. The topological polar surface area (TPSA) is 543 Å². The maximum atomic E-state index is 11.9. The molecule has 0 spiro atoms. The monoisotopic (exact) mass is 1350 g/mol. The van der Waals surface area contributed by atoms with E-state index < -0.39 is 276 Å². The molecule has 21 saturated heterocycles. The number of rotatable bonds is 10. The zero-order chi connectivity index (χ0) is 61.5. The van der Waals surface area contributed by atoms with Crippen LogP contribution in [0.4, 0.5) is 0 Å². The van der Waals surface area contributed by atoms with Crippen molar-refractivity contribution >= 4 is 24.5 Å². The normalized spacial score (nSPS) is 51.2. The van der Waals surface area contributed by atoms with E-state index in [9.17, 15) is 102 Å². The number of hydrogen-bond acceptors (Lipinski definition) is 35. The first-order valence-corrected chi connectivity index (χ1v) is 30.0. The number of benzene rings is 1. The van der Waals surface area contributed by atoms with Gasteiger partial charge in [-0.25, -0.2) is 0 Å². The third kappa shape index (κ3) is 14.0. The molecule has 14 bridgehead atoms. The van der Waals surface area contributed by atoms with Crippen LogP contribution in [0.1, 0.15) is 0 Å². The molecule has 21 heterocycles. The maximum absolute atomic E-state index is 11.9. The average Bonchev–Trinajstić information content (AvgIpc) is 2.71. The van der Waals surface area contributed by atoms with Crippen LogP contribution >= 0.6 is 0 Å². The van der Waals surface area contributed by atoms with Crippen LogP contribution in [0.3, 0.4) is 0 Å². The van der Waals surface area contributed by atoms with Crippen LogP contribution in [0.15, 0.2) is 24.3 Å². The molecule has 0 aliphatic carbocycles. The minimum absolute atomic E-state index is 0.0340. The summed E-state index contributed by atoms with van der Waals surface area (Å²) in [5, 5.41) is 224. The SMILES string of the molecule is COc1ccc([Te]C[C@H]2O[C@@H]3O[C@H]4[C@H](O)[C@@H](O)[C@@H](O[C@H]5[C@H](O)[C@@H](O)[C@@H](O[C@H]6[C@H](O)[C@@H](O)[C@@H](O[C@H]7[C@@H](O)[C@H](O)[C@@H](O[C@H]8[C@@H](O)[C@H](O)[C@@H](O[C@H]9[C@@H](O)[C@@H](O)[C@@H](O[C@H]2[C@H](O)[C@H]3O)O[C@@H]9CO)O[C@@H]8CO)O[C@@H]7CO)O[C@@H]6CO)O[C@@H]5CO)O[C@@H]4CO)cc1. The molecular weight excluding hydrogens is 1280 g/mol. The van der Waals surface area contributed by atoms with Gasteiger partial charge in [0.1, 0.15) is 61.0 Å². The second-order valence-electron chi connectivity index (χ2n) is 21.5. The summed E-state index contributed by atoms with van der Waals surface area (Å²) in [5.74, 6) is 0.533. The summed E-state index contributed by atoms with van der Waals surface area (Å²) in [6, 6.07) is 6.89. The van der Waals surface area contributed by atoms with Crippen molar-refractivity contribution in [1.29, 1.82) is 0 Å². The zero-order valence-electron chi connectivity index (χ0n) is 44.9. The van der Waals surface area contributed by atoms with Gasteiger partial charge >= 0.3 is 303 Å². The second-order valence-corrected chi connectivity index (χ2v) is 24.6. The van der Waals surface area contributed by atoms with Gasteiger partial charge in [0.05, 0.1) is 26.4 Å². The Labute approximate surface area is 492 Å². The van der Waals surface area contributed by atoms with Crippen molar-refractivity contribution in [2.75, 3.05) is 46.8 Å². The number of hydrogen-bond donors (Lipinski definition) is 20. The van der Waals surface area contributed by atoms with Crippen LogP contribution in [0.5, 0.6) is 5.75 Å². The summed E-state index contributed by atoms with van der Waals surface area (Å²) in [6.07, 6.45) is -68.9. The molecule has 0 aromatic heterocycles. The molecular formula is C49H76O35Te. The molecule has 0 amide bonds. The standard InChI is InChI=1S/C49H76O35Te/c1-70-13-2-4-14(5-3-13)85-12-21-42-28(62)35(69)49(77-21)83-41-20(11-55)75-47(33(67)26(41)60)81-39-18(9-53)73-45(31(65)24(39)58)79-37-16(7-51)71-43(29(63)22(37)56)78-36-15(6-50)72-44(30(64)23(36)57)80-38-17(8-52)74-46(32(66)25(38)59)82-40-19(10-54)76-48(84-42)34(68)27(40)61/h2-5,15-69H,6-12H2,1H3/t15-,16-,17-,18-,19-,20-,21-,22-,23+,24-,25+,26-,27+,28-,29-,30+,31-,32+,33-,34-,35-,36-,37-,38-,39-,40-,41-,42-,43-,44-,45-,46-,47-,48-,49-/m1/s1. The summed E-state index contributed by atoms with van der Waals surface area (Å²) < 4.78 is 87.8. The van der Waals surface area contributed by atoms with Gasteiger partial charge in [-0.1, -0.05) is 0 Å². The van der Waals surface area contributed by atoms with E-state index in [1.54, 1.807) is 24.3 Å². The van der Waals surface area contributed by atoms with Crippen LogP contribution in [0.2, 0.25) is 4.47 Å². The van der Waals surface area contributed by atoms with E-state index in [1.807, 2.05) is 0 Å². The number of ether oxygens (including phenoxy) is 15. The van der Waals surface area contributed by atoms with Crippen LogP contribution in [-0.2, 0) is 66.3 Å². The number of methoxy groups -OCH3 is 1. The Bertz CT molecular complexity index is 2200. The molecule has 0 saturated carbocycles. The molecule has 1 aromatic rings. The fourth-order valence-corrected chi connectivity index (χ4v) is 14.0. The molecule has 35 atom stereocenters. The van der Waals surface area contributed by atoms with E-state index in [0.29, 0.717) is 5.75 Å². The van der Waals surface area contributed by atoms with Crippen molar-refractivity contribution in [1.82, 2.24) is 0 Å². The van der Waals surface area contributed by atoms with Gasteiger partial charge in [-0.2, -0.15) is 0 Å². The van der Waals surface area contributed by atoms with E-state index in [-0.39, 0.29) is 4.47 Å². The Hall–Kier alpha value is -1.55. The summed E-state index contributed by atoms with van der Waals surface area (Å²) >= 11 is -1.36. The Morgan fingerprint density at radius 2 is 0.471 bits per heavy atom. The number of aliphatic hydroxyl groups excluding tert-OH is 20. The van der Waals surface area contributed by atoms with Crippen molar-refractivity contribution < 1.29 is 173 Å². The minimum atomic E-state index is -2.21. The molecule has 36 heteroatoms. The van der Waals surface area contributed by atoms with Gasteiger partial charge in [0, 0.05) is 0 Å². The Balaban J connectivity index is 1.02. The fourth-order valence-electron chi connectivity index (χ4n) is 11.3. The molecule has 21 aliphatic heterocycles. The van der Waals surface area contributed by atoms with Crippen molar-refractivity contribution in [2.45, 2.75) is 219 Å². The van der Waals surface area contributed by atoms with Gasteiger partial charge in [-0.05, 0) is 0 Å². The summed E-state index contributed by atoms with van der Waals surface area (Å²) in [7, 11) is 1.47. The molecule has 35 nitrogen and oxygen atoms in total. The Kier molecular flexibility index (Phi) is 23.4. The van der Waals surface area contributed by atoms with Crippen molar-refractivity contribution in [3.8, 4) is 5.75 Å². The second kappa shape index (κ2) is 29.4. The molecule has 20 N–H and O–H groups in total. The van der Waals surface area contributed by atoms with E-state index in [1.165, 1.54) is 7.11 Å². The Morgan fingerprint density at radius 1 is 0.282 bits per heavy atom. The van der Waals surface area contributed by atoms with Crippen molar-refractivity contribution in [3.63, 3.8) is 0 Å². The van der Waals surface area contributed by atoms with E-state index in [0.717, 1.165) is 3.61 Å². The third-order valence-corrected chi connectivity index (χ3v) is 19.2. The van der Waals surface area contributed by atoms with E-state index in [2.05, 4.69) is 0 Å². The van der Waals surface area contributed by atoms with Crippen LogP contribution < -0.4 is 8.35 Å². The van der Waals surface area contributed by atoms with Crippen LogP contribution in [0.25, 0.3) is 0 Å². The van der Waals surface area contributed by atoms with Gasteiger partial charge in [0.2, 0.25) is 0 Å². The predicted molar refractivity (Wildman–Crippen MR) is 265 cm³/mol. The van der Waals surface area contributed by atoms with Crippen LogP contribution in [-0.4, -0.2) is 385 Å². The quantitative estimate of drug-likeness (QED) is 0.0967. The molecule has 1 aromatic carbocycles. The first-order valence-electron chi connectivity index (χ1n) is 27.2. The van der Waals surface area contributed by atoms with E-state index in [4.69, 9.17) is 71.1 Å². The first-order chi connectivity index (χ1) is 40.6.